The average molecular weight is 337 g/mol. The Hall–Kier alpha value is -1.20. The number of aromatic nitrogens is 1. The van der Waals surface area contributed by atoms with Gasteiger partial charge in [0.1, 0.15) is 5.52 Å². The molecule has 0 aliphatic heterocycles. The standard InChI is InChI=1S/C16H17ClN2O2S/c17-11-5-6-13-12(7-11)18-16(21-13)22-8-14(20)19-15(9-1-2-9)10-3-4-10/h5-7,9-10,15H,1-4,8H2,(H,19,20). The molecule has 4 rings (SSSR count). The van der Waals surface area contributed by atoms with Crippen LogP contribution in [0.3, 0.4) is 0 Å². The molecule has 0 bridgehead atoms. The Balaban J connectivity index is 1.35. The molecule has 0 radical (unpaired) electrons. The van der Waals surface area contributed by atoms with E-state index in [0.29, 0.717) is 39.5 Å². The Morgan fingerprint density at radius 3 is 2.77 bits per heavy atom. The van der Waals surface area contributed by atoms with Gasteiger partial charge in [0.15, 0.2) is 5.58 Å². The van der Waals surface area contributed by atoms with E-state index in [1.165, 1.54) is 37.4 Å². The summed E-state index contributed by atoms with van der Waals surface area (Å²) in [4.78, 5) is 16.5. The fraction of sp³-hybridized carbons (Fsp3) is 0.500. The van der Waals surface area contributed by atoms with Gasteiger partial charge in [-0.05, 0) is 55.7 Å². The minimum atomic E-state index is 0.0779. The molecule has 2 saturated carbocycles. The monoisotopic (exact) mass is 336 g/mol. The minimum Gasteiger partial charge on any atom is -0.431 e. The minimum absolute atomic E-state index is 0.0779. The number of carbonyl (C=O) groups is 1. The first-order valence-electron chi connectivity index (χ1n) is 7.67. The molecule has 2 aliphatic rings. The van der Waals surface area contributed by atoms with Crippen LogP contribution in [0, 0.1) is 11.8 Å². The van der Waals surface area contributed by atoms with E-state index in [1.54, 1.807) is 18.2 Å². The van der Waals surface area contributed by atoms with Crippen molar-refractivity contribution in [1.29, 1.82) is 0 Å². The van der Waals surface area contributed by atoms with Crippen LogP contribution < -0.4 is 5.32 Å². The van der Waals surface area contributed by atoms with E-state index in [4.69, 9.17) is 16.0 Å². The predicted octanol–water partition coefficient (Wildman–Crippen LogP) is 3.88. The van der Waals surface area contributed by atoms with Crippen LogP contribution in [0.1, 0.15) is 25.7 Å². The van der Waals surface area contributed by atoms with Gasteiger partial charge < -0.3 is 9.73 Å². The van der Waals surface area contributed by atoms with Crippen molar-refractivity contribution in [3.63, 3.8) is 0 Å². The van der Waals surface area contributed by atoms with Crippen molar-refractivity contribution in [3.05, 3.63) is 23.2 Å². The first kappa shape index (κ1) is 14.4. The second kappa shape index (κ2) is 5.78. The lowest BCUT2D eigenvalue weighted by Crippen LogP contribution is -2.39. The third-order valence-corrected chi connectivity index (χ3v) is 5.31. The fourth-order valence-electron chi connectivity index (χ4n) is 2.83. The van der Waals surface area contributed by atoms with E-state index in [-0.39, 0.29) is 5.91 Å². The summed E-state index contributed by atoms with van der Waals surface area (Å²) < 4.78 is 5.61. The number of oxazole rings is 1. The van der Waals surface area contributed by atoms with Crippen LogP contribution in [0.4, 0.5) is 0 Å². The van der Waals surface area contributed by atoms with Crippen molar-refractivity contribution in [2.75, 3.05) is 5.75 Å². The number of hydrogen-bond acceptors (Lipinski definition) is 4. The molecule has 22 heavy (non-hydrogen) atoms. The summed E-state index contributed by atoms with van der Waals surface area (Å²) >= 11 is 7.26. The summed E-state index contributed by atoms with van der Waals surface area (Å²) in [5.74, 6) is 1.85. The van der Waals surface area contributed by atoms with Crippen LogP contribution in [0.5, 0.6) is 0 Å². The molecular weight excluding hydrogens is 320 g/mol. The van der Waals surface area contributed by atoms with Crippen LogP contribution in [0.2, 0.25) is 5.02 Å². The number of amides is 1. The van der Waals surface area contributed by atoms with Crippen molar-refractivity contribution >= 4 is 40.4 Å². The zero-order valence-electron chi connectivity index (χ0n) is 12.0. The van der Waals surface area contributed by atoms with Gasteiger partial charge in [-0.2, -0.15) is 0 Å². The molecule has 2 aromatic rings. The number of benzene rings is 1. The van der Waals surface area contributed by atoms with E-state index >= 15 is 0 Å². The normalized spacial score (nSPS) is 18.1. The van der Waals surface area contributed by atoms with Gasteiger partial charge in [-0.1, -0.05) is 23.4 Å². The number of nitrogens with zero attached hydrogens (tertiary/aromatic N) is 1. The van der Waals surface area contributed by atoms with Crippen molar-refractivity contribution < 1.29 is 9.21 Å². The molecule has 0 saturated heterocycles. The van der Waals surface area contributed by atoms with Crippen molar-refractivity contribution in [2.24, 2.45) is 11.8 Å². The lowest BCUT2D eigenvalue weighted by atomic mass is 10.1. The molecule has 2 fully saturated rings. The molecule has 2 aliphatic carbocycles. The number of nitrogens with one attached hydrogen (secondary N) is 1. The largest absolute Gasteiger partial charge is 0.431 e. The number of carbonyl (C=O) groups excluding carboxylic acids is 1. The molecule has 0 unspecified atom stereocenters. The topological polar surface area (TPSA) is 55.1 Å². The second-order valence-corrected chi connectivity index (χ2v) is 7.51. The predicted molar refractivity (Wildman–Crippen MR) is 87.1 cm³/mol. The maximum Gasteiger partial charge on any atom is 0.257 e. The highest BCUT2D eigenvalue weighted by molar-refractivity contribution is 7.99. The van der Waals surface area contributed by atoms with Crippen LogP contribution in [-0.2, 0) is 4.79 Å². The maximum atomic E-state index is 12.1. The molecule has 1 amide bonds. The Bertz CT molecular complexity index is 697. The van der Waals surface area contributed by atoms with E-state index in [2.05, 4.69) is 10.3 Å². The first-order chi connectivity index (χ1) is 10.7. The Labute approximate surface area is 138 Å². The average Bonchev–Trinajstić information content (AvgIpc) is 3.39. The zero-order chi connectivity index (χ0) is 15.1. The first-order valence-corrected chi connectivity index (χ1v) is 9.03. The smallest absolute Gasteiger partial charge is 0.257 e. The summed E-state index contributed by atoms with van der Waals surface area (Å²) in [6, 6.07) is 5.73. The fourth-order valence-corrected chi connectivity index (χ4v) is 3.64. The van der Waals surface area contributed by atoms with Gasteiger partial charge in [-0.25, -0.2) is 4.98 Å². The number of halogens is 1. The highest BCUT2D eigenvalue weighted by Gasteiger charge is 2.42. The Kier molecular flexibility index (Phi) is 3.78. The summed E-state index contributed by atoms with van der Waals surface area (Å²) in [6.07, 6.45) is 5.06. The zero-order valence-corrected chi connectivity index (χ0v) is 13.6. The molecule has 0 atom stereocenters. The molecule has 1 heterocycles. The summed E-state index contributed by atoms with van der Waals surface area (Å²) in [5.41, 5.74) is 1.42. The second-order valence-electron chi connectivity index (χ2n) is 6.15. The van der Waals surface area contributed by atoms with Gasteiger partial charge in [0.25, 0.3) is 5.22 Å². The van der Waals surface area contributed by atoms with Crippen LogP contribution in [0.25, 0.3) is 11.1 Å². The Morgan fingerprint density at radius 1 is 1.36 bits per heavy atom. The molecule has 1 aromatic carbocycles. The van der Waals surface area contributed by atoms with Gasteiger partial charge in [0.2, 0.25) is 5.91 Å². The van der Waals surface area contributed by atoms with Gasteiger partial charge >= 0.3 is 0 Å². The van der Waals surface area contributed by atoms with Gasteiger partial charge in [-0.15, -0.1) is 0 Å². The summed E-state index contributed by atoms with van der Waals surface area (Å²) in [5, 5.41) is 4.35. The van der Waals surface area contributed by atoms with Crippen molar-refractivity contribution in [3.8, 4) is 0 Å². The SMILES string of the molecule is O=C(CSc1nc2cc(Cl)ccc2o1)NC(C1CC1)C1CC1. The number of rotatable bonds is 6. The van der Waals surface area contributed by atoms with Crippen molar-refractivity contribution in [1.82, 2.24) is 10.3 Å². The number of fused-ring (bicyclic) bond motifs is 1. The van der Waals surface area contributed by atoms with Crippen LogP contribution in [-0.4, -0.2) is 22.7 Å². The quantitative estimate of drug-likeness (QED) is 0.813. The van der Waals surface area contributed by atoms with Gasteiger partial charge in [0.05, 0.1) is 5.75 Å². The van der Waals surface area contributed by atoms with Crippen LogP contribution in [0.15, 0.2) is 27.8 Å². The molecule has 6 heteroatoms. The maximum absolute atomic E-state index is 12.1. The van der Waals surface area contributed by atoms with E-state index in [1.807, 2.05) is 0 Å². The molecular formula is C16H17ClN2O2S. The lowest BCUT2D eigenvalue weighted by molar-refractivity contribution is -0.119. The highest BCUT2D eigenvalue weighted by Crippen LogP contribution is 2.44. The third-order valence-electron chi connectivity index (χ3n) is 4.24. The number of hydrogen-bond donors (Lipinski definition) is 1. The van der Waals surface area contributed by atoms with E-state index in [9.17, 15) is 4.79 Å². The summed E-state index contributed by atoms with van der Waals surface area (Å²) in [6.45, 7) is 0. The Morgan fingerprint density at radius 2 is 2.09 bits per heavy atom. The van der Waals surface area contributed by atoms with Gasteiger partial charge in [-0.3, -0.25) is 4.79 Å². The molecule has 116 valence electrons. The molecule has 4 nitrogen and oxygen atoms in total. The number of thioether (sulfide) groups is 1. The summed E-state index contributed by atoms with van der Waals surface area (Å²) in [7, 11) is 0. The third kappa shape index (κ3) is 3.25. The van der Waals surface area contributed by atoms with E-state index in [0.717, 1.165) is 5.52 Å². The van der Waals surface area contributed by atoms with Gasteiger partial charge in [0, 0.05) is 11.1 Å². The molecule has 0 spiro atoms. The van der Waals surface area contributed by atoms with Crippen molar-refractivity contribution in [2.45, 2.75) is 36.9 Å². The van der Waals surface area contributed by atoms with Crippen LogP contribution >= 0.6 is 23.4 Å². The van der Waals surface area contributed by atoms with E-state index < -0.39 is 0 Å². The molecule has 1 N–H and O–H groups in total. The lowest BCUT2D eigenvalue weighted by Gasteiger charge is -2.17. The highest BCUT2D eigenvalue weighted by atomic mass is 35.5. The molecule has 1 aromatic heterocycles.